The Morgan fingerprint density at radius 1 is 0.607 bits per heavy atom. The van der Waals surface area contributed by atoms with Crippen molar-refractivity contribution in [1.29, 1.82) is 0 Å². The largest absolute Gasteiger partial charge is 0.422 e. The normalized spacial score (nSPS) is 11.2. The Morgan fingerprint density at radius 2 is 1.25 bits per heavy atom. The number of rotatable bonds is 2. The molecule has 2 heteroatoms. The first kappa shape index (κ1) is 16.5. The molecule has 0 aliphatic rings. The molecule has 0 radical (unpaired) electrons. The zero-order valence-electron chi connectivity index (χ0n) is 15.5. The molecule has 0 saturated heterocycles. The molecule has 0 spiro atoms. The second kappa shape index (κ2) is 6.50. The average molecular weight is 362 g/mol. The lowest BCUT2D eigenvalue weighted by molar-refractivity contribution is 0.0736. The monoisotopic (exact) mass is 362 g/mol. The van der Waals surface area contributed by atoms with Crippen molar-refractivity contribution in [3.05, 3.63) is 102 Å². The summed E-state index contributed by atoms with van der Waals surface area (Å²) >= 11 is 0. The van der Waals surface area contributed by atoms with E-state index in [-0.39, 0.29) is 5.97 Å². The predicted molar refractivity (Wildman–Crippen MR) is 115 cm³/mol. The molecule has 28 heavy (non-hydrogen) atoms. The lowest BCUT2D eigenvalue weighted by Crippen LogP contribution is -2.10. The van der Waals surface area contributed by atoms with Gasteiger partial charge < -0.3 is 4.74 Å². The highest BCUT2D eigenvalue weighted by molar-refractivity contribution is 6.18. The summed E-state index contributed by atoms with van der Waals surface area (Å²) in [4.78, 5) is 12.7. The summed E-state index contributed by atoms with van der Waals surface area (Å²) in [6.45, 7) is 1.91. The Hall–Kier alpha value is -3.65. The third-order valence-corrected chi connectivity index (χ3v) is 5.31. The standard InChI is InChI=1S/C26H18O2/c1-17-7-2-4-9-19(17)26(27)28-25-12-6-11-21-23-14-13-18-8-3-5-10-20(18)22(23)15-16-24(21)25/h2-16H,1H3. The van der Waals surface area contributed by atoms with Crippen molar-refractivity contribution in [2.75, 3.05) is 0 Å². The van der Waals surface area contributed by atoms with E-state index in [0.29, 0.717) is 11.3 Å². The van der Waals surface area contributed by atoms with E-state index in [9.17, 15) is 4.79 Å². The number of benzene rings is 5. The fourth-order valence-electron chi connectivity index (χ4n) is 3.87. The summed E-state index contributed by atoms with van der Waals surface area (Å²) in [7, 11) is 0. The van der Waals surface area contributed by atoms with E-state index in [4.69, 9.17) is 4.74 Å². The molecular weight excluding hydrogens is 344 g/mol. The van der Waals surface area contributed by atoms with Gasteiger partial charge in [0, 0.05) is 5.39 Å². The quantitative estimate of drug-likeness (QED) is 0.199. The maximum absolute atomic E-state index is 12.7. The van der Waals surface area contributed by atoms with E-state index in [1.54, 1.807) is 6.07 Å². The van der Waals surface area contributed by atoms with Crippen molar-refractivity contribution in [3.63, 3.8) is 0 Å². The second-order valence-corrected chi connectivity index (χ2v) is 7.00. The molecule has 0 N–H and O–H groups in total. The van der Waals surface area contributed by atoms with Gasteiger partial charge in [-0.2, -0.15) is 0 Å². The van der Waals surface area contributed by atoms with Gasteiger partial charge >= 0.3 is 5.97 Å². The van der Waals surface area contributed by atoms with Gasteiger partial charge in [0.1, 0.15) is 5.75 Å². The van der Waals surface area contributed by atoms with Crippen LogP contribution < -0.4 is 4.74 Å². The van der Waals surface area contributed by atoms with Crippen LogP contribution in [0.5, 0.6) is 5.75 Å². The van der Waals surface area contributed by atoms with Gasteiger partial charge in [-0.25, -0.2) is 4.79 Å². The molecule has 5 rings (SSSR count). The molecule has 0 aliphatic carbocycles. The number of fused-ring (bicyclic) bond motifs is 5. The number of ether oxygens (including phenoxy) is 1. The highest BCUT2D eigenvalue weighted by Gasteiger charge is 2.14. The summed E-state index contributed by atoms with van der Waals surface area (Å²) in [5.41, 5.74) is 1.50. The van der Waals surface area contributed by atoms with E-state index < -0.39 is 0 Å². The predicted octanol–water partition coefficient (Wildman–Crippen LogP) is 6.67. The second-order valence-electron chi connectivity index (χ2n) is 7.00. The summed E-state index contributed by atoms with van der Waals surface area (Å²) in [6, 6.07) is 30.2. The van der Waals surface area contributed by atoms with Gasteiger partial charge in [0.25, 0.3) is 0 Å². The lowest BCUT2D eigenvalue weighted by atomic mass is 9.97. The number of aryl methyl sites for hydroxylation is 1. The zero-order chi connectivity index (χ0) is 19.1. The maximum atomic E-state index is 12.7. The molecule has 0 heterocycles. The van der Waals surface area contributed by atoms with Crippen molar-refractivity contribution in [2.24, 2.45) is 0 Å². The molecule has 0 atom stereocenters. The van der Waals surface area contributed by atoms with E-state index in [1.807, 2.05) is 43.3 Å². The first-order valence-electron chi connectivity index (χ1n) is 9.33. The topological polar surface area (TPSA) is 26.3 Å². The molecule has 2 nitrogen and oxygen atoms in total. The van der Waals surface area contributed by atoms with Crippen LogP contribution in [0.2, 0.25) is 0 Å². The lowest BCUT2D eigenvalue weighted by Gasteiger charge is -2.12. The van der Waals surface area contributed by atoms with E-state index >= 15 is 0 Å². The SMILES string of the molecule is Cc1ccccc1C(=O)Oc1cccc2c1ccc1c3ccccc3ccc21. The Labute approximate surface area is 163 Å². The van der Waals surface area contributed by atoms with Crippen molar-refractivity contribution >= 4 is 38.3 Å². The summed E-state index contributed by atoms with van der Waals surface area (Å²) in [5.74, 6) is 0.255. The summed E-state index contributed by atoms with van der Waals surface area (Å²) in [6.07, 6.45) is 0. The number of carbonyl (C=O) groups excluding carboxylic acids is 1. The van der Waals surface area contributed by atoms with Crippen molar-refractivity contribution in [1.82, 2.24) is 0 Å². The number of hydrogen-bond acceptors (Lipinski definition) is 2. The minimum absolute atomic E-state index is 0.329. The van der Waals surface area contributed by atoms with Crippen LogP contribution in [-0.4, -0.2) is 5.97 Å². The first-order valence-corrected chi connectivity index (χ1v) is 9.33. The molecule has 0 fully saturated rings. The van der Waals surface area contributed by atoms with Crippen LogP contribution >= 0.6 is 0 Å². The number of carbonyl (C=O) groups is 1. The Balaban J connectivity index is 1.67. The Kier molecular flexibility index (Phi) is 3.84. The van der Waals surface area contributed by atoms with Crippen LogP contribution in [0.3, 0.4) is 0 Å². The van der Waals surface area contributed by atoms with E-state index in [1.165, 1.54) is 16.2 Å². The highest BCUT2D eigenvalue weighted by Crippen LogP contribution is 2.35. The fourth-order valence-corrected chi connectivity index (χ4v) is 3.87. The van der Waals surface area contributed by atoms with Gasteiger partial charge in [0.2, 0.25) is 0 Å². The van der Waals surface area contributed by atoms with Crippen LogP contribution in [0.15, 0.2) is 91.0 Å². The maximum Gasteiger partial charge on any atom is 0.343 e. The summed E-state index contributed by atoms with van der Waals surface area (Å²) in [5, 5.41) is 6.82. The van der Waals surface area contributed by atoms with Crippen LogP contribution in [0.1, 0.15) is 15.9 Å². The van der Waals surface area contributed by atoms with E-state index in [0.717, 1.165) is 21.7 Å². The first-order chi connectivity index (χ1) is 13.7. The molecule has 5 aromatic rings. The average Bonchev–Trinajstić information content (AvgIpc) is 2.73. The van der Waals surface area contributed by atoms with Gasteiger partial charge in [0.15, 0.2) is 0 Å². The van der Waals surface area contributed by atoms with Gasteiger partial charge in [-0.05, 0) is 57.6 Å². The molecule has 0 bridgehead atoms. The molecule has 0 saturated carbocycles. The van der Waals surface area contributed by atoms with Crippen LogP contribution in [-0.2, 0) is 0 Å². The number of esters is 1. The minimum atomic E-state index is -0.329. The summed E-state index contributed by atoms with van der Waals surface area (Å²) < 4.78 is 5.79. The molecule has 0 amide bonds. The van der Waals surface area contributed by atoms with Crippen molar-refractivity contribution in [3.8, 4) is 5.75 Å². The van der Waals surface area contributed by atoms with Crippen LogP contribution in [0.25, 0.3) is 32.3 Å². The van der Waals surface area contributed by atoms with Crippen molar-refractivity contribution in [2.45, 2.75) is 6.92 Å². The molecule has 0 unspecified atom stereocenters. The van der Waals surface area contributed by atoms with Crippen LogP contribution in [0.4, 0.5) is 0 Å². The third kappa shape index (κ3) is 2.62. The Morgan fingerprint density at radius 3 is 2.14 bits per heavy atom. The molecule has 0 aliphatic heterocycles. The Bertz CT molecular complexity index is 1370. The highest BCUT2D eigenvalue weighted by atomic mass is 16.5. The molecule has 5 aromatic carbocycles. The fraction of sp³-hybridized carbons (Fsp3) is 0.0385. The minimum Gasteiger partial charge on any atom is -0.422 e. The van der Waals surface area contributed by atoms with Gasteiger partial charge in [0.05, 0.1) is 5.56 Å². The number of hydrogen-bond donors (Lipinski definition) is 0. The zero-order valence-corrected chi connectivity index (χ0v) is 15.5. The molecular formula is C26H18O2. The molecule has 0 aromatic heterocycles. The van der Waals surface area contributed by atoms with Crippen LogP contribution in [0, 0.1) is 6.92 Å². The van der Waals surface area contributed by atoms with E-state index in [2.05, 4.69) is 48.5 Å². The van der Waals surface area contributed by atoms with Gasteiger partial charge in [-0.3, -0.25) is 0 Å². The smallest absolute Gasteiger partial charge is 0.343 e. The van der Waals surface area contributed by atoms with Gasteiger partial charge in [-0.15, -0.1) is 0 Å². The van der Waals surface area contributed by atoms with Crippen molar-refractivity contribution < 1.29 is 9.53 Å². The van der Waals surface area contributed by atoms with Gasteiger partial charge in [-0.1, -0.05) is 72.8 Å². The molecule has 134 valence electrons. The third-order valence-electron chi connectivity index (χ3n) is 5.31.